The molecule has 194 valence electrons. The van der Waals surface area contributed by atoms with Crippen molar-refractivity contribution in [3.05, 3.63) is 70.8 Å². The molecule has 0 bridgehead atoms. The standard InChI is InChI=1S/C28H30N2O7/c1-36-22-12-17(15-32)11-19-23-20(27(34)29-9-10-31)13-21(24(33)26(23)37-25(19)22)30(28(35)18-7-8-18)14-16-5-3-2-4-6-16/h2-6,11-13,15,18,21,23-24,26,31,33H,7-10,14H2,1H3,(H,29,34). The van der Waals surface area contributed by atoms with Gasteiger partial charge >= 0.3 is 0 Å². The van der Waals surface area contributed by atoms with E-state index in [0.717, 1.165) is 18.4 Å². The van der Waals surface area contributed by atoms with Gasteiger partial charge in [0.05, 0.1) is 25.7 Å². The Morgan fingerprint density at radius 1 is 1.22 bits per heavy atom. The zero-order chi connectivity index (χ0) is 26.1. The summed E-state index contributed by atoms with van der Waals surface area (Å²) in [5, 5.41) is 23.6. The molecule has 0 aromatic heterocycles. The van der Waals surface area contributed by atoms with Gasteiger partial charge in [-0.05, 0) is 36.6 Å². The molecular weight excluding hydrogens is 476 g/mol. The maximum Gasteiger partial charge on any atom is 0.247 e. The summed E-state index contributed by atoms with van der Waals surface area (Å²) in [7, 11) is 1.45. The van der Waals surface area contributed by atoms with Crippen LogP contribution >= 0.6 is 0 Å². The highest BCUT2D eigenvalue weighted by molar-refractivity contribution is 5.96. The molecule has 1 saturated carbocycles. The minimum Gasteiger partial charge on any atom is -0.493 e. The van der Waals surface area contributed by atoms with Crippen molar-refractivity contribution >= 4 is 18.1 Å². The summed E-state index contributed by atoms with van der Waals surface area (Å²) in [6.45, 7) is 0.0689. The highest BCUT2D eigenvalue weighted by Crippen LogP contribution is 2.51. The lowest BCUT2D eigenvalue weighted by molar-refractivity contribution is -0.139. The molecule has 37 heavy (non-hydrogen) atoms. The Labute approximate surface area is 214 Å². The quantitative estimate of drug-likeness (QED) is 0.441. The molecule has 3 N–H and O–H groups in total. The molecule has 9 heteroatoms. The van der Waals surface area contributed by atoms with E-state index in [4.69, 9.17) is 9.47 Å². The fourth-order valence-electron chi connectivity index (χ4n) is 5.23. The van der Waals surface area contributed by atoms with Crippen molar-refractivity contribution in [3.63, 3.8) is 0 Å². The molecule has 1 aliphatic heterocycles. The number of amides is 2. The van der Waals surface area contributed by atoms with Gasteiger partial charge in [-0.1, -0.05) is 30.3 Å². The maximum absolute atomic E-state index is 13.4. The number of carbonyl (C=O) groups is 3. The summed E-state index contributed by atoms with van der Waals surface area (Å²) in [4.78, 5) is 40.0. The molecule has 9 nitrogen and oxygen atoms in total. The Hall–Kier alpha value is -3.69. The largest absolute Gasteiger partial charge is 0.493 e. The molecule has 1 fully saturated rings. The van der Waals surface area contributed by atoms with E-state index in [1.54, 1.807) is 23.1 Å². The van der Waals surface area contributed by atoms with E-state index in [0.29, 0.717) is 34.5 Å². The number of aldehydes is 1. The fourth-order valence-corrected chi connectivity index (χ4v) is 5.23. The minimum absolute atomic E-state index is 0.0426. The fraction of sp³-hybridized carbons (Fsp3) is 0.393. The Bertz CT molecular complexity index is 1220. The number of methoxy groups -OCH3 is 1. The second-order valence-corrected chi connectivity index (χ2v) is 9.63. The molecule has 4 unspecified atom stereocenters. The third-order valence-electron chi connectivity index (χ3n) is 7.18. The predicted molar refractivity (Wildman–Crippen MR) is 133 cm³/mol. The van der Waals surface area contributed by atoms with Crippen LogP contribution in [-0.2, 0) is 16.1 Å². The van der Waals surface area contributed by atoms with Gasteiger partial charge in [-0.25, -0.2) is 0 Å². The molecule has 4 atom stereocenters. The van der Waals surface area contributed by atoms with Crippen LogP contribution in [0.25, 0.3) is 0 Å². The van der Waals surface area contributed by atoms with E-state index < -0.39 is 30.1 Å². The second-order valence-electron chi connectivity index (χ2n) is 9.63. The summed E-state index contributed by atoms with van der Waals surface area (Å²) in [5.41, 5.74) is 2.11. The summed E-state index contributed by atoms with van der Waals surface area (Å²) in [5.74, 6) is -0.635. The number of hydrogen-bond donors (Lipinski definition) is 3. The minimum atomic E-state index is -1.15. The van der Waals surface area contributed by atoms with E-state index in [-0.39, 0.29) is 31.5 Å². The molecule has 2 amide bonds. The predicted octanol–water partition coefficient (Wildman–Crippen LogP) is 1.57. The first kappa shape index (κ1) is 25.0. The first-order valence-electron chi connectivity index (χ1n) is 12.4. The van der Waals surface area contributed by atoms with Crippen LogP contribution in [0.2, 0.25) is 0 Å². The van der Waals surface area contributed by atoms with Gasteiger partial charge in [0, 0.05) is 35.7 Å². The van der Waals surface area contributed by atoms with Crippen molar-refractivity contribution in [3.8, 4) is 11.5 Å². The van der Waals surface area contributed by atoms with Crippen molar-refractivity contribution in [2.24, 2.45) is 5.92 Å². The van der Waals surface area contributed by atoms with Gasteiger partial charge in [0.2, 0.25) is 11.8 Å². The molecule has 0 saturated heterocycles. The molecule has 5 rings (SSSR count). The third-order valence-corrected chi connectivity index (χ3v) is 7.18. The van der Waals surface area contributed by atoms with Gasteiger partial charge in [0.25, 0.3) is 0 Å². The van der Waals surface area contributed by atoms with Gasteiger partial charge in [-0.15, -0.1) is 0 Å². The molecule has 2 aromatic rings. The van der Waals surface area contributed by atoms with E-state index in [9.17, 15) is 24.6 Å². The topological polar surface area (TPSA) is 125 Å². The number of ether oxygens (including phenoxy) is 2. The molecule has 1 heterocycles. The van der Waals surface area contributed by atoms with Crippen molar-refractivity contribution in [1.29, 1.82) is 0 Å². The van der Waals surface area contributed by atoms with Crippen LogP contribution in [0, 0.1) is 5.92 Å². The number of fused-ring (bicyclic) bond motifs is 3. The molecule has 2 aliphatic carbocycles. The van der Waals surface area contributed by atoms with E-state index in [1.807, 2.05) is 30.3 Å². The number of nitrogens with zero attached hydrogens (tertiary/aromatic N) is 1. The Morgan fingerprint density at radius 2 is 1.97 bits per heavy atom. The average molecular weight is 507 g/mol. The van der Waals surface area contributed by atoms with E-state index in [1.165, 1.54) is 7.11 Å². The van der Waals surface area contributed by atoms with Crippen LogP contribution in [0.1, 0.15) is 40.2 Å². The van der Waals surface area contributed by atoms with Crippen LogP contribution in [0.4, 0.5) is 0 Å². The van der Waals surface area contributed by atoms with Crippen LogP contribution in [0.5, 0.6) is 11.5 Å². The number of carbonyl (C=O) groups excluding carboxylic acids is 3. The van der Waals surface area contributed by atoms with Crippen molar-refractivity contribution in [2.75, 3.05) is 20.3 Å². The highest BCUT2D eigenvalue weighted by Gasteiger charge is 2.52. The number of aliphatic hydroxyl groups excluding tert-OH is 2. The second kappa shape index (κ2) is 10.4. The summed E-state index contributed by atoms with van der Waals surface area (Å²) < 4.78 is 11.7. The summed E-state index contributed by atoms with van der Waals surface area (Å²) in [6.07, 6.45) is 1.87. The smallest absolute Gasteiger partial charge is 0.247 e. The van der Waals surface area contributed by atoms with Crippen LogP contribution < -0.4 is 14.8 Å². The number of hydrogen-bond acceptors (Lipinski definition) is 7. The first-order chi connectivity index (χ1) is 18.0. The van der Waals surface area contributed by atoms with Crippen LogP contribution in [-0.4, -0.2) is 71.7 Å². The maximum atomic E-state index is 13.4. The zero-order valence-corrected chi connectivity index (χ0v) is 20.5. The number of benzene rings is 2. The number of nitrogens with one attached hydrogen (secondary N) is 1. The lowest BCUT2D eigenvalue weighted by Crippen LogP contribution is -2.55. The monoisotopic (exact) mass is 506 g/mol. The Kier molecular flexibility index (Phi) is 6.99. The van der Waals surface area contributed by atoms with Crippen LogP contribution in [0.15, 0.2) is 54.1 Å². The summed E-state index contributed by atoms with van der Waals surface area (Å²) in [6, 6.07) is 11.8. The number of rotatable bonds is 9. The lowest BCUT2D eigenvalue weighted by Gasteiger charge is -2.41. The SMILES string of the molecule is COc1cc(C=O)cc2c1OC1C2C(C(=O)NCCO)=CC(N(Cc2ccccc2)C(=O)C2CC2)C1O. The van der Waals surface area contributed by atoms with Crippen molar-refractivity contribution in [1.82, 2.24) is 10.2 Å². The van der Waals surface area contributed by atoms with E-state index >= 15 is 0 Å². The van der Waals surface area contributed by atoms with Crippen molar-refractivity contribution in [2.45, 2.75) is 43.6 Å². The third kappa shape index (κ3) is 4.72. The average Bonchev–Trinajstić information content (AvgIpc) is 3.70. The molecule has 3 aliphatic rings. The summed E-state index contributed by atoms with van der Waals surface area (Å²) >= 11 is 0. The highest BCUT2D eigenvalue weighted by atomic mass is 16.5. The van der Waals surface area contributed by atoms with Crippen LogP contribution in [0.3, 0.4) is 0 Å². The Morgan fingerprint density at radius 3 is 2.62 bits per heavy atom. The van der Waals surface area contributed by atoms with Gasteiger partial charge in [0.15, 0.2) is 11.5 Å². The molecule has 0 spiro atoms. The number of aliphatic hydroxyl groups is 2. The van der Waals surface area contributed by atoms with Gasteiger partial charge < -0.3 is 29.9 Å². The van der Waals surface area contributed by atoms with Gasteiger partial charge in [0.1, 0.15) is 18.5 Å². The Balaban J connectivity index is 1.59. The molecular formula is C28H30N2O7. The first-order valence-corrected chi connectivity index (χ1v) is 12.4. The zero-order valence-electron chi connectivity index (χ0n) is 20.5. The normalized spacial score (nSPS) is 23.7. The van der Waals surface area contributed by atoms with E-state index in [2.05, 4.69) is 5.32 Å². The molecule has 0 radical (unpaired) electrons. The lowest BCUT2D eigenvalue weighted by atomic mass is 9.77. The van der Waals surface area contributed by atoms with Gasteiger partial charge in [-0.3, -0.25) is 14.4 Å². The van der Waals surface area contributed by atoms with Crippen molar-refractivity contribution < 1.29 is 34.1 Å². The molecule has 2 aromatic carbocycles. The van der Waals surface area contributed by atoms with Gasteiger partial charge in [-0.2, -0.15) is 0 Å².